The summed E-state index contributed by atoms with van der Waals surface area (Å²) < 4.78 is 18.6. The molecule has 0 heterocycles. The van der Waals surface area contributed by atoms with Gasteiger partial charge in [-0.2, -0.15) is 0 Å². The molecule has 2 aromatic rings. The number of thiol groups is 1. The summed E-state index contributed by atoms with van der Waals surface area (Å²) in [4.78, 5) is 12.6. The average molecular weight is 291 g/mol. The number of carbonyl (C=O) groups is 1. The van der Waals surface area contributed by atoms with Gasteiger partial charge in [-0.1, -0.05) is 12.1 Å². The van der Waals surface area contributed by atoms with E-state index < -0.39 is 11.7 Å². The van der Waals surface area contributed by atoms with Gasteiger partial charge in [-0.15, -0.1) is 12.6 Å². The number of halogens is 1. The molecule has 0 atom stereocenters. The third-order valence-electron chi connectivity index (χ3n) is 2.69. The molecule has 0 bridgehead atoms. The van der Waals surface area contributed by atoms with E-state index in [0.717, 1.165) is 5.56 Å². The number of rotatable bonds is 4. The number of carbonyl (C=O) groups excluding carboxylic acids is 1. The quantitative estimate of drug-likeness (QED) is 0.846. The molecule has 0 saturated carbocycles. The van der Waals surface area contributed by atoms with Gasteiger partial charge in [0.2, 0.25) is 0 Å². The number of anilines is 1. The average Bonchev–Trinajstić information content (AvgIpc) is 2.42. The van der Waals surface area contributed by atoms with Gasteiger partial charge in [-0.25, -0.2) is 4.39 Å². The predicted molar refractivity (Wildman–Crippen MR) is 78.8 cm³/mol. The first-order valence-corrected chi connectivity index (χ1v) is 6.42. The zero-order valence-electron chi connectivity index (χ0n) is 10.9. The predicted octanol–water partition coefficient (Wildman–Crippen LogP) is 3.51. The Hall–Kier alpha value is -1.85. The van der Waals surface area contributed by atoms with E-state index in [0.29, 0.717) is 17.2 Å². The first kappa shape index (κ1) is 14.6. The molecule has 1 N–H and O–H groups in total. The molecule has 0 saturated heterocycles. The lowest BCUT2D eigenvalue weighted by atomic mass is 10.1. The van der Waals surface area contributed by atoms with Crippen LogP contribution in [0.3, 0.4) is 0 Å². The normalized spacial score (nSPS) is 10.3. The standard InChI is InChI=1S/C15H14FNO2S/c1-19-9-10-3-2-4-11(7-10)17-15(18)13-8-12(20)5-6-14(13)16/h2-8,20H,9H2,1H3,(H,17,18). The maximum atomic E-state index is 13.6. The number of ether oxygens (including phenoxy) is 1. The Morgan fingerprint density at radius 2 is 2.10 bits per heavy atom. The van der Waals surface area contributed by atoms with Crippen LogP contribution in [0.15, 0.2) is 47.4 Å². The van der Waals surface area contributed by atoms with Crippen LogP contribution in [0.1, 0.15) is 15.9 Å². The van der Waals surface area contributed by atoms with Crippen molar-refractivity contribution in [1.29, 1.82) is 0 Å². The topological polar surface area (TPSA) is 38.3 Å². The Labute approximate surface area is 122 Å². The van der Waals surface area contributed by atoms with Crippen LogP contribution >= 0.6 is 12.6 Å². The number of hydrogen-bond acceptors (Lipinski definition) is 3. The lowest BCUT2D eigenvalue weighted by molar-refractivity contribution is 0.102. The summed E-state index contributed by atoms with van der Waals surface area (Å²) in [5, 5.41) is 2.66. The summed E-state index contributed by atoms with van der Waals surface area (Å²) in [5.41, 5.74) is 1.48. The minimum absolute atomic E-state index is 0.0327. The molecule has 0 unspecified atom stereocenters. The molecule has 104 valence electrons. The highest BCUT2D eigenvalue weighted by molar-refractivity contribution is 7.80. The lowest BCUT2D eigenvalue weighted by Gasteiger charge is -2.08. The van der Waals surface area contributed by atoms with Gasteiger partial charge >= 0.3 is 0 Å². The van der Waals surface area contributed by atoms with Crippen LogP contribution in [0.2, 0.25) is 0 Å². The Bertz CT molecular complexity index is 631. The summed E-state index contributed by atoms with van der Waals surface area (Å²) in [6.45, 7) is 0.449. The van der Waals surface area contributed by atoms with E-state index in [1.54, 1.807) is 25.3 Å². The van der Waals surface area contributed by atoms with Crippen molar-refractivity contribution in [2.45, 2.75) is 11.5 Å². The Morgan fingerprint density at radius 1 is 1.30 bits per heavy atom. The van der Waals surface area contributed by atoms with Crippen LogP contribution in [0.25, 0.3) is 0 Å². The van der Waals surface area contributed by atoms with Gasteiger partial charge in [0, 0.05) is 17.7 Å². The maximum Gasteiger partial charge on any atom is 0.258 e. The van der Waals surface area contributed by atoms with Gasteiger partial charge in [0.25, 0.3) is 5.91 Å². The highest BCUT2D eigenvalue weighted by Gasteiger charge is 2.12. The van der Waals surface area contributed by atoms with E-state index in [1.165, 1.54) is 18.2 Å². The monoisotopic (exact) mass is 291 g/mol. The van der Waals surface area contributed by atoms with E-state index in [-0.39, 0.29) is 5.56 Å². The molecule has 20 heavy (non-hydrogen) atoms. The molecule has 3 nitrogen and oxygen atoms in total. The fourth-order valence-corrected chi connectivity index (χ4v) is 1.99. The molecule has 2 aromatic carbocycles. The van der Waals surface area contributed by atoms with Crippen LogP contribution in [0.5, 0.6) is 0 Å². The summed E-state index contributed by atoms with van der Waals surface area (Å²) in [7, 11) is 1.60. The lowest BCUT2D eigenvalue weighted by Crippen LogP contribution is -2.14. The van der Waals surface area contributed by atoms with E-state index in [4.69, 9.17) is 4.74 Å². The molecule has 2 rings (SSSR count). The Morgan fingerprint density at radius 3 is 2.85 bits per heavy atom. The SMILES string of the molecule is COCc1cccc(NC(=O)c2cc(S)ccc2F)c1. The van der Waals surface area contributed by atoms with Gasteiger partial charge in [0.15, 0.2) is 0 Å². The summed E-state index contributed by atoms with van der Waals surface area (Å²) in [6, 6.07) is 11.3. The van der Waals surface area contributed by atoms with Crippen molar-refractivity contribution in [2.24, 2.45) is 0 Å². The second kappa shape index (κ2) is 6.54. The zero-order valence-corrected chi connectivity index (χ0v) is 11.8. The molecule has 0 aliphatic carbocycles. The molecule has 0 radical (unpaired) electrons. The minimum Gasteiger partial charge on any atom is -0.380 e. The molecule has 0 aliphatic rings. The summed E-state index contributed by atoms with van der Waals surface area (Å²) in [5.74, 6) is -1.08. The fraction of sp³-hybridized carbons (Fsp3) is 0.133. The molecule has 0 spiro atoms. The highest BCUT2D eigenvalue weighted by Crippen LogP contribution is 2.17. The van der Waals surface area contributed by atoms with Crippen molar-refractivity contribution in [1.82, 2.24) is 0 Å². The molecule has 0 fully saturated rings. The van der Waals surface area contributed by atoms with E-state index in [1.807, 2.05) is 6.07 Å². The smallest absolute Gasteiger partial charge is 0.258 e. The van der Waals surface area contributed by atoms with Crippen LogP contribution in [-0.4, -0.2) is 13.0 Å². The van der Waals surface area contributed by atoms with Gasteiger partial charge in [-0.3, -0.25) is 4.79 Å². The largest absolute Gasteiger partial charge is 0.380 e. The highest BCUT2D eigenvalue weighted by atomic mass is 32.1. The van der Waals surface area contributed by atoms with Gasteiger partial charge in [-0.05, 0) is 35.9 Å². The molecule has 1 amide bonds. The Balaban J connectivity index is 2.19. The summed E-state index contributed by atoms with van der Waals surface area (Å²) in [6.07, 6.45) is 0. The minimum atomic E-state index is -0.576. The fourth-order valence-electron chi connectivity index (χ4n) is 1.79. The third kappa shape index (κ3) is 3.59. The molecule has 5 heteroatoms. The summed E-state index contributed by atoms with van der Waals surface area (Å²) >= 11 is 4.10. The van der Waals surface area contributed by atoms with Gasteiger partial charge in [0.1, 0.15) is 5.82 Å². The van der Waals surface area contributed by atoms with Crippen molar-refractivity contribution in [3.8, 4) is 0 Å². The first-order chi connectivity index (χ1) is 9.60. The number of nitrogens with one attached hydrogen (secondary N) is 1. The molecular weight excluding hydrogens is 277 g/mol. The van der Waals surface area contributed by atoms with Crippen molar-refractivity contribution < 1.29 is 13.9 Å². The van der Waals surface area contributed by atoms with Crippen molar-refractivity contribution in [2.75, 3.05) is 12.4 Å². The second-order valence-electron chi connectivity index (χ2n) is 4.25. The van der Waals surface area contributed by atoms with Gasteiger partial charge in [0.05, 0.1) is 12.2 Å². The molecule has 0 aromatic heterocycles. The van der Waals surface area contributed by atoms with Crippen molar-refractivity contribution in [3.05, 3.63) is 59.4 Å². The number of amides is 1. The van der Waals surface area contributed by atoms with Crippen LogP contribution < -0.4 is 5.32 Å². The zero-order chi connectivity index (χ0) is 14.5. The molecular formula is C15H14FNO2S. The van der Waals surface area contributed by atoms with Gasteiger partial charge < -0.3 is 10.1 Å². The van der Waals surface area contributed by atoms with Crippen LogP contribution in [-0.2, 0) is 11.3 Å². The van der Waals surface area contributed by atoms with E-state index >= 15 is 0 Å². The second-order valence-corrected chi connectivity index (χ2v) is 4.77. The van der Waals surface area contributed by atoms with E-state index in [2.05, 4.69) is 17.9 Å². The van der Waals surface area contributed by atoms with Crippen LogP contribution in [0, 0.1) is 5.82 Å². The van der Waals surface area contributed by atoms with Crippen molar-refractivity contribution in [3.63, 3.8) is 0 Å². The first-order valence-electron chi connectivity index (χ1n) is 5.98. The molecule has 0 aliphatic heterocycles. The Kier molecular flexibility index (Phi) is 4.76. The van der Waals surface area contributed by atoms with Crippen LogP contribution in [0.4, 0.5) is 10.1 Å². The van der Waals surface area contributed by atoms with E-state index in [9.17, 15) is 9.18 Å². The number of methoxy groups -OCH3 is 1. The number of hydrogen-bond donors (Lipinski definition) is 2. The third-order valence-corrected chi connectivity index (χ3v) is 2.97. The number of benzene rings is 2. The maximum absolute atomic E-state index is 13.6. The van der Waals surface area contributed by atoms with Crippen molar-refractivity contribution >= 4 is 24.2 Å².